The van der Waals surface area contributed by atoms with Gasteiger partial charge in [-0.05, 0) is 25.6 Å². The summed E-state index contributed by atoms with van der Waals surface area (Å²) in [7, 11) is 0. The van der Waals surface area contributed by atoms with Gasteiger partial charge in [-0.25, -0.2) is 8.78 Å². The Hall–Kier alpha value is -1.04. The van der Waals surface area contributed by atoms with Crippen LogP contribution >= 0.6 is 0 Å². The average Bonchev–Trinajstić information content (AvgIpc) is 2.57. The molecule has 0 saturated carbocycles. The molecular weight excluding hydrogens is 238 g/mol. The van der Waals surface area contributed by atoms with Gasteiger partial charge in [0.15, 0.2) is 0 Å². The van der Waals surface area contributed by atoms with Crippen molar-refractivity contribution in [1.29, 1.82) is 0 Å². The third-order valence-corrected chi connectivity index (χ3v) is 3.19. The number of β-amino-alcohol motifs (C(OH)–C–C–N with tert-alkyl or cyclic N) is 1. The van der Waals surface area contributed by atoms with Crippen molar-refractivity contribution in [2.75, 3.05) is 32.7 Å². The van der Waals surface area contributed by atoms with Gasteiger partial charge in [-0.2, -0.15) is 0 Å². The summed E-state index contributed by atoms with van der Waals surface area (Å²) in [5, 5.41) is 13.3. The summed E-state index contributed by atoms with van der Waals surface area (Å²) >= 11 is 0. The molecule has 0 amide bonds. The minimum Gasteiger partial charge on any atom is -0.387 e. The Balaban J connectivity index is 1.99. The number of aliphatic hydroxyl groups excluding tert-OH is 1. The number of hydrogen-bond donors (Lipinski definition) is 2. The van der Waals surface area contributed by atoms with Gasteiger partial charge >= 0.3 is 0 Å². The molecule has 1 aliphatic rings. The van der Waals surface area contributed by atoms with Gasteiger partial charge in [0, 0.05) is 31.3 Å². The smallest absolute Gasteiger partial charge is 0.131 e. The van der Waals surface area contributed by atoms with E-state index in [1.54, 1.807) is 0 Å². The van der Waals surface area contributed by atoms with Gasteiger partial charge in [-0.3, -0.25) is 4.90 Å². The van der Waals surface area contributed by atoms with Crippen molar-refractivity contribution in [2.24, 2.45) is 0 Å². The highest BCUT2D eigenvalue weighted by Gasteiger charge is 2.18. The second-order valence-electron chi connectivity index (χ2n) is 4.59. The molecule has 2 rings (SSSR count). The van der Waals surface area contributed by atoms with Gasteiger partial charge in [0.05, 0.1) is 6.10 Å². The quantitative estimate of drug-likeness (QED) is 0.855. The van der Waals surface area contributed by atoms with Crippen molar-refractivity contribution in [2.45, 2.75) is 12.5 Å². The van der Waals surface area contributed by atoms with Gasteiger partial charge < -0.3 is 10.4 Å². The normalized spacial score (nSPS) is 19.5. The molecule has 0 aromatic heterocycles. The topological polar surface area (TPSA) is 35.5 Å². The lowest BCUT2D eigenvalue weighted by atomic mass is 10.1. The van der Waals surface area contributed by atoms with E-state index in [0.29, 0.717) is 6.54 Å². The zero-order chi connectivity index (χ0) is 13.0. The molecule has 1 aromatic carbocycles. The standard InChI is InChI=1S/C13H18F2N2O/c14-10-2-3-11(12(15)8-10)13(18)9-17-6-1-4-16-5-7-17/h2-3,8,13,16,18H,1,4-7,9H2. The largest absolute Gasteiger partial charge is 0.387 e. The van der Waals surface area contributed by atoms with Crippen molar-refractivity contribution >= 4 is 0 Å². The maximum Gasteiger partial charge on any atom is 0.131 e. The molecular formula is C13H18F2N2O. The van der Waals surface area contributed by atoms with Crippen LogP contribution in [0.5, 0.6) is 0 Å². The monoisotopic (exact) mass is 256 g/mol. The van der Waals surface area contributed by atoms with Crippen LogP contribution in [0.25, 0.3) is 0 Å². The van der Waals surface area contributed by atoms with Gasteiger partial charge in [0.1, 0.15) is 11.6 Å². The second-order valence-corrected chi connectivity index (χ2v) is 4.59. The Bertz CT molecular complexity index is 393. The number of benzene rings is 1. The zero-order valence-corrected chi connectivity index (χ0v) is 10.2. The first-order chi connectivity index (χ1) is 8.66. The summed E-state index contributed by atoms with van der Waals surface area (Å²) in [5.74, 6) is -1.31. The third-order valence-electron chi connectivity index (χ3n) is 3.19. The molecule has 1 fully saturated rings. The molecule has 18 heavy (non-hydrogen) atoms. The van der Waals surface area contributed by atoms with Crippen LogP contribution in [-0.4, -0.2) is 42.7 Å². The van der Waals surface area contributed by atoms with Gasteiger partial charge in [-0.1, -0.05) is 6.07 Å². The minimum absolute atomic E-state index is 0.161. The molecule has 0 radical (unpaired) electrons. The summed E-state index contributed by atoms with van der Waals surface area (Å²) < 4.78 is 26.3. The lowest BCUT2D eigenvalue weighted by molar-refractivity contribution is 0.113. The molecule has 0 bridgehead atoms. The average molecular weight is 256 g/mol. The fourth-order valence-corrected chi connectivity index (χ4v) is 2.20. The van der Waals surface area contributed by atoms with E-state index in [0.717, 1.165) is 38.7 Å². The number of aliphatic hydroxyl groups is 1. The molecule has 2 N–H and O–H groups in total. The Morgan fingerprint density at radius 2 is 2.11 bits per heavy atom. The van der Waals surface area contributed by atoms with Crippen LogP contribution in [-0.2, 0) is 0 Å². The lowest BCUT2D eigenvalue weighted by Gasteiger charge is -2.23. The summed E-state index contributed by atoms with van der Waals surface area (Å²) in [4.78, 5) is 2.09. The van der Waals surface area contributed by atoms with E-state index in [4.69, 9.17) is 0 Å². The molecule has 3 nitrogen and oxygen atoms in total. The Morgan fingerprint density at radius 3 is 2.89 bits per heavy atom. The molecule has 100 valence electrons. The summed E-state index contributed by atoms with van der Waals surface area (Å²) in [5.41, 5.74) is 0.161. The van der Waals surface area contributed by atoms with Gasteiger partial charge in [0.25, 0.3) is 0 Å². The molecule has 1 unspecified atom stereocenters. The summed E-state index contributed by atoms with van der Waals surface area (Å²) in [6, 6.07) is 3.29. The van der Waals surface area contributed by atoms with Crippen LogP contribution < -0.4 is 5.32 Å². The first-order valence-corrected chi connectivity index (χ1v) is 6.23. The zero-order valence-electron chi connectivity index (χ0n) is 10.2. The van der Waals surface area contributed by atoms with Crippen molar-refractivity contribution in [3.63, 3.8) is 0 Å². The highest BCUT2D eigenvalue weighted by Crippen LogP contribution is 2.19. The van der Waals surface area contributed by atoms with E-state index in [-0.39, 0.29) is 5.56 Å². The van der Waals surface area contributed by atoms with E-state index in [1.165, 1.54) is 12.1 Å². The first-order valence-electron chi connectivity index (χ1n) is 6.23. The predicted octanol–water partition coefficient (Wildman–Crippen LogP) is 1.29. The molecule has 1 heterocycles. The van der Waals surface area contributed by atoms with E-state index in [2.05, 4.69) is 10.2 Å². The van der Waals surface area contributed by atoms with Gasteiger partial charge in [0.2, 0.25) is 0 Å². The summed E-state index contributed by atoms with van der Waals surface area (Å²) in [6.07, 6.45) is 0.0993. The molecule has 1 aromatic rings. The number of nitrogens with zero attached hydrogens (tertiary/aromatic N) is 1. The lowest BCUT2D eigenvalue weighted by Crippen LogP contribution is -2.32. The maximum atomic E-state index is 13.5. The fourth-order valence-electron chi connectivity index (χ4n) is 2.20. The minimum atomic E-state index is -0.913. The highest BCUT2D eigenvalue weighted by molar-refractivity contribution is 5.21. The number of rotatable bonds is 3. The first kappa shape index (κ1) is 13.4. The van der Waals surface area contributed by atoms with E-state index in [9.17, 15) is 13.9 Å². The Morgan fingerprint density at radius 1 is 1.28 bits per heavy atom. The molecule has 5 heteroatoms. The fraction of sp³-hybridized carbons (Fsp3) is 0.538. The van der Waals surface area contributed by atoms with Crippen molar-refractivity contribution in [1.82, 2.24) is 10.2 Å². The number of nitrogens with one attached hydrogen (secondary N) is 1. The Labute approximate surface area is 105 Å². The number of halogens is 2. The van der Waals surface area contributed by atoms with Crippen molar-refractivity contribution in [3.05, 3.63) is 35.4 Å². The molecule has 0 spiro atoms. The molecule has 0 aliphatic carbocycles. The van der Waals surface area contributed by atoms with Crippen LogP contribution in [0, 0.1) is 11.6 Å². The molecule has 1 atom stereocenters. The van der Waals surface area contributed by atoms with Crippen LogP contribution in [0.1, 0.15) is 18.1 Å². The summed E-state index contributed by atoms with van der Waals surface area (Å²) in [6.45, 7) is 3.94. The Kier molecular flexibility index (Phi) is 4.63. The van der Waals surface area contributed by atoms with E-state index >= 15 is 0 Å². The second kappa shape index (κ2) is 6.22. The molecule has 1 saturated heterocycles. The van der Waals surface area contributed by atoms with Crippen LogP contribution in [0.3, 0.4) is 0 Å². The highest BCUT2D eigenvalue weighted by atomic mass is 19.1. The number of hydrogen-bond acceptors (Lipinski definition) is 3. The molecule has 1 aliphatic heterocycles. The van der Waals surface area contributed by atoms with Crippen LogP contribution in [0.4, 0.5) is 8.78 Å². The third kappa shape index (κ3) is 3.48. The van der Waals surface area contributed by atoms with Crippen molar-refractivity contribution in [3.8, 4) is 0 Å². The van der Waals surface area contributed by atoms with Crippen LogP contribution in [0.2, 0.25) is 0 Å². The van der Waals surface area contributed by atoms with Crippen LogP contribution in [0.15, 0.2) is 18.2 Å². The van der Waals surface area contributed by atoms with Crippen molar-refractivity contribution < 1.29 is 13.9 Å². The maximum absolute atomic E-state index is 13.5. The SMILES string of the molecule is OC(CN1CCCNCC1)c1ccc(F)cc1F. The van der Waals surface area contributed by atoms with E-state index in [1.807, 2.05) is 0 Å². The van der Waals surface area contributed by atoms with E-state index < -0.39 is 17.7 Å². The van der Waals surface area contributed by atoms with Gasteiger partial charge in [-0.15, -0.1) is 0 Å². The predicted molar refractivity (Wildman–Crippen MR) is 65.2 cm³/mol.